The fourth-order valence-electron chi connectivity index (χ4n) is 5.35. The van der Waals surface area contributed by atoms with Crippen LogP contribution in [-0.4, -0.2) is 32.1 Å². The second kappa shape index (κ2) is 8.51. The summed E-state index contributed by atoms with van der Waals surface area (Å²) in [5.74, 6) is -0.478. The summed E-state index contributed by atoms with van der Waals surface area (Å²) in [6.45, 7) is 5.61. The largest absolute Gasteiger partial charge is 0.396 e. The van der Waals surface area contributed by atoms with Crippen molar-refractivity contribution in [2.45, 2.75) is 50.2 Å². The molecule has 2 aliphatic heterocycles. The molecule has 2 aromatic rings. The molecular weight excluding hydrogens is 592 g/mol. The van der Waals surface area contributed by atoms with Crippen molar-refractivity contribution < 1.29 is 18.7 Å². The summed E-state index contributed by atoms with van der Waals surface area (Å²) in [6.07, 6.45) is -0.161. The number of anilines is 1. The highest BCUT2D eigenvalue weighted by Gasteiger charge is 2.66. The molecule has 0 radical (unpaired) electrons. The molecule has 0 unspecified atom stereocenters. The number of hydrogen-bond donors (Lipinski definition) is 1. The normalized spacial score (nSPS) is 27.9. The molecule has 166 valence electrons. The van der Waals surface area contributed by atoms with Crippen LogP contribution >= 0.6 is 38.5 Å². The predicted molar refractivity (Wildman–Crippen MR) is 134 cm³/mol. The van der Waals surface area contributed by atoms with Crippen LogP contribution in [0.1, 0.15) is 24.5 Å². The zero-order valence-corrected chi connectivity index (χ0v) is 22.5. The molecule has 2 aliphatic rings. The van der Waals surface area contributed by atoms with Crippen molar-refractivity contribution in [2.75, 3.05) is 11.5 Å². The molecule has 1 saturated heterocycles. The average Bonchev–Trinajstić information content (AvgIpc) is 3.11. The van der Waals surface area contributed by atoms with Crippen LogP contribution < -0.4 is 4.90 Å². The van der Waals surface area contributed by atoms with Crippen LogP contribution in [0.15, 0.2) is 46.9 Å². The van der Waals surface area contributed by atoms with Crippen molar-refractivity contribution in [1.82, 2.24) is 0 Å². The summed E-state index contributed by atoms with van der Waals surface area (Å²) < 4.78 is 23.9. The minimum absolute atomic E-state index is 0.0969. The Morgan fingerprint density at radius 1 is 1.26 bits per heavy atom. The second-order valence-electron chi connectivity index (χ2n) is 8.96. The number of fused-ring (bicyclic) bond motifs is 2. The Morgan fingerprint density at radius 2 is 1.94 bits per heavy atom. The molecule has 0 aromatic heterocycles. The first-order valence-corrected chi connectivity index (χ1v) is 15.3. The van der Waals surface area contributed by atoms with Gasteiger partial charge in [-0.3, -0.25) is 4.79 Å². The molecule has 1 amide bonds. The van der Waals surface area contributed by atoms with E-state index in [-0.39, 0.29) is 24.0 Å². The van der Waals surface area contributed by atoms with Crippen molar-refractivity contribution in [2.24, 2.45) is 5.92 Å². The Hall–Kier alpha value is -0.813. The lowest BCUT2D eigenvalue weighted by molar-refractivity contribution is -0.146. The maximum absolute atomic E-state index is 15.5. The van der Waals surface area contributed by atoms with Crippen molar-refractivity contribution in [3.8, 4) is 0 Å². The molecule has 4 rings (SSSR count). The van der Waals surface area contributed by atoms with E-state index in [1.54, 1.807) is 18.0 Å². The first-order valence-electron chi connectivity index (χ1n) is 10.4. The minimum Gasteiger partial charge on any atom is -0.396 e. The Labute approximate surface area is 205 Å². The Kier molecular flexibility index (Phi) is 6.41. The highest BCUT2D eigenvalue weighted by molar-refractivity contribution is 14.1. The zero-order valence-electron chi connectivity index (χ0n) is 17.7. The molecule has 4 atom stereocenters. The molecule has 2 aromatic carbocycles. The van der Waals surface area contributed by atoms with Crippen LogP contribution in [0.5, 0.6) is 0 Å². The van der Waals surface area contributed by atoms with Gasteiger partial charge in [0, 0.05) is 31.7 Å². The summed E-state index contributed by atoms with van der Waals surface area (Å²) >= 11 is 5.80. The van der Waals surface area contributed by atoms with Crippen LogP contribution in [0.3, 0.4) is 0 Å². The van der Waals surface area contributed by atoms with Gasteiger partial charge >= 0.3 is 0 Å². The third kappa shape index (κ3) is 3.92. The van der Waals surface area contributed by atoms with E-state index in [1.807, 2.05) is 49.4 Å². The average molecular weight is 618 g/mol. The molecule has 31 heavy (non-hydrogen) atoms. The van der Waals surface area contributed by atoms with Crippen LogP contribution in [-0.2, 0) is 21.7 Å². The van der Waals surface area contributed by atoms with E-state index in [4.69, 9.17) is 4.74 Å². The molecule has 1 spiro atoms. The third-order valence-electron chi connectivity index (χ3n) is 6.59. The van der Waals surface area contributed by atoms with Crippen molar-refractivity contribution in [3.05, 3.63) is 61.6 Å². The highest BCUT2D eigenvalue weighted by Crippen LogP contribution is 2.60. The maximum atomic E-state index is 15.5. The molecule has 4 nitrogen and oxygen atoms in total. The van der Waals surface area contributed by atoms with Crippen LogP contribution in [0.25, 0.3) is 0 Å². The standard InChI is InChI=1S/C23H26BrFINO3Si/c1-14-21(31(2,3)25)20(10-11-28)30-23(14)18-12-16(24)6-9-19(18)27(22(23)29)13-15-4-7-17(26)8-5-15/h4-9,12,14,20-21,28H,10-11,13H2,1-3H3/t14-,20+,21-,23+/m1/s1. The summed E-state index contributed by atoms with van der Waals surface area (Å²) in [6, 6.07) is 13.9. The summed E-state index contributed by atoms with van der Waals surface area (Å²) in [5, 5.41) is 9.61. The van der Waals surface area contributed by atoms with Crippen LogP contribution in [0.4, 0.5) is 9.80 Å². The Balaban J connectivity index is 1.82. The number of benzene rings is 2. The van der Waals surface area contributed by atoms with Gasteiger partial charge in [-0.15, -0.1) is 0 Å². The number of hydrogen-bond acceptors (Lipinski definition) is 3. The lowest BCUT2D eigenvalue weighted by atomic mass is 9.82. The first kappa shape index (κ1) is 23.3. The topological polar surface area (TPSA) is 49.8 Å². The van der Waals surface area contributed by atoms with Crippen LogP contribution in [0.2, 0.25) is 18.6 Å². The van der Waals surface area contributed by atoms with Gasteiger partial charge in [0.1, 0.15) is 0 Å². The number of nitrogens with zero attached hydrogens (tertiary/aromatic N) is 1. The summed E-state index contributed by atoms with van der Waals surface area (Å²) in [5.41, 5.74) is 1.000. The van der Waals surface area contributed by atoms with Gasteiger partial charge in [0.25, 0.3) is 5.91 Å². The number of carbonyl (C=O) groups is 1. The number of aliphatic hydroxyl groups excluding tert-OH is 1. The van der Waals surface area contributed by atoms with Gasteiger partial charge in [0.2, 0.25) is 8.41 Å². The van der Waals surface area contributed by atoms with E-state index in [0.717, 1.165) is 24.9 Å². The fourth-order valence-corrected chi connectivity index (χ4v) is 8.61. The molecule has 0 aliphatic carbocycles. The highest BCUT2D eigenvalue weighted by atomic mass is 127. The van der Waals surface area contributed by atoms with E-state index >= 15 is 4.11 Å². The Bertz CT molecular complexity index is 999. The first-order chi connectivity index (χ1) is 14.6. The number of halogens is 3. The smallest absolute Gasteiger partial charge is 0.264 e. The van der Waals surface area contributed by atoms with Crippen molar-refractivity contribution >= 4 is 58.5 Å². The van der Waals surface area contributed by atoms with E-state index in [1.165, 1.54) is 0 Å². The molecular formula is C23H26BrFINO3Si. The van der Waals surface area contributed by atoms with Gasteiger partial charge in [0.15, 0.2) is 5.60 Å². The van der Waals surface area contributed by atoms with Gasteiger partial charge in [0.05, 0.1) is 18.3 Å². The molecule has 1 fully saturated rings. The predicted octanol–water partition coefficient (Wildman–Crippen LogP) is 5.76. The zero-order chi connectivity index (χ0) is 22.6. The van der Waals surface area contributed by atoms with Gasteiger partial charge in [-0.05, 0) is 78.0 Å². The number of amides is 1. The van der Waals surface area contributed by atoms with Gasteiger partial charge < -0.3 is 18.9 Å². The number of carbonyl (C=O) groups excluding carboxylic acids is 1. The molecule has 2 heterocycles. The molecule has 0 bridgehead atoms. The van der Waals surface area contributed by atoms with Gasteiger partial charge in [-0.1, -0.05) is 35.0 Å². The van der Waals surface area contributed by atoms with E-state index < -0.39 is 20.1 Å². The van der Waals surface area contributed by atoms with E-state index in [2.05, 4.69) is 38.5 Å². The Morgan fingerprint density at radius 3 is 2.55 bits per heavy atom. The van der Waals surface area contributed by atoms with E-state index in [9.17, 15) is 9.90 Å². The van der Waals surface area contributed by atoms with E-state index in [0.29, 0.717) is 13.0 Å². The van der Waals surface area contributed by atoms with Crippen molar-refractivity contribution in [3.63, 3.8) is 0 Å². The lowest BCUT2D eigenvalue weighted by Gasteiger charge is -2.31. The van der Waals surface area contributed by atoms with Crippen LogP contribution in [0, 0.1) is 9.49 Å². The monoisotopic (exact) mass is 617 g/mol. The summed E-state index contributed by atoms with van der Waals surface area (Å²) in [4.78, 5) is 15.8. The SMILES string of the molecule is C[C@@H]1[C@@H]([Si](C)(C)F)[C@H](CCO)O[C@@]12C(=O)N(Cc1ccc(I)cc1)c1ccc(Br)cc12. The second-order valence-corrected chi connectivity index (χ2v) is 14.9. The quantitative estimate of drug-likeness (QED) is 0.264. The summed E-state index contributed by atoms with van der Waals surface area (Å²) in [7, 11) is -3.17. The minimum atomic E-state index is -3.17. The molecule has 1 N–H and O–H groups in total. The number of aliphatic hydroxyl groups is 1. The lowest BCUT2D eigenvalue weighted by Crippen LogP contribution is -2.45. The van der Waals surface area contributed by atoms with Gasteiger partial charge in [-0.2, -0.15) is 0 Å². The molecule has 0 saturated carbocycles. The molecule has 8 heteroatoms. The maximum Gasteiger partial charge on any atom is 0.264 e. The fraction of sp³-hybridized carbons (Fsp3) is 0.435. The third-order valence-corrected chi connectivity index (χ3v) is 10.3. The van der Waals surface area contributed by atoms with Crippen molar-refractivity contribution in [1.29, 1.82) is 0 Å². The number of ether oxygens (including phenoxy) is 1. The van der Waals surface area contributed by atoms with Gasteiger partial charge in [-0.25, -0.2) is 0 Å². The number of rotatable bonds is 5.